The van der Waals surface area contributed by atoms with Crippen LogP contribution in [-0.4, -0.2) is 5.97 Å². The van der Waals surface area contributed by atoms with Gasteiger partial charge in [-0.3, -0.25) is 0 Å². The SMILES string of the molecule is CCCCCCCCCC#CC#CC(=[O+])ONCc1cccc2ccccc12. The largest absolute Gasteiger partial charge is 0.679 e. The van der Waals surface area contributed by atoms with E-state index in [4.69, 9.17) is 4.84 Å². The topological polar surface area (TPSA) is 41.2 Å². The number of benzene rings is 2. The van der Waals surface area contributed by atoms with Gasteiger partial charge in [0.05, 0.1) is 11.3 Å². The summed E-state index contributed by atoms with van der Waals surface area (Å²) >= 11 is 0. The van der Waals surface area contributed by atoms with Crippen LogP contribution < -0.4 is 5.48 Å². The van der Waals surface area contributed by atoms with Crippen LogP contribution in [0, 0.1) is 23.7 Å². The molecule has 0 heterocycles. The van der Waals surface area contributed by atoms with Gasteiger partial charge in [0, 0.05) is 12.3 Å². The van der Waals surface area contributed by atoms with Crippen LogP contribution in [0.3, 0.4) is 0 Å². The predicted octanol–water partition coefficient (Wildman–Crippen LogP) is 5.54. The fourth-order valence-corrected chi connectivity index (χ4v) is 3.01. The first-order chi connectivity index (χ1) is 13.8. The lowest BCUT2D eigenvalue weighted by Crippen LogP contribution is -2.18. The summed E-state index contributed by atoms with van der Waals surface area (Å²) in [6, 6.07) is 14.2. The van der Waals surface area contributed by atoms with Gasteiger partial charge in [-0.25, -0.2) is 0 Å². The van der Waals surface area contributed by atoms with E-state index in [1.165, 1.54) is 38.5 Å². The Bertz CT molecular complexity index is 859. The van der Waals surface area contributed by atoms with Gasteiger partial charge in [-0.15, -0.1) is 0 Å². The highest BCUT2D eigenvalue weighted by molar-refractivity contribution is 5.89. The summed E-state index contributed by atoms with van der Waals surface area (Å²) in [4.78, 5) is 16.6. The molecule has 0 aliphatic rings. The zero-order valence-corrected chi connectivity index (χ0v) is 16.7. The van der Waals surface area contributed by atoms with Crippen molar-refractivity contribution in [1.29, 1.82) is 0 Å². The molecule has 0 aromatic heterocycles. The standard InChI is InChI=1S/C25H29NO2/c1-2-3-4-5-6-7-8-9-10-11-12-20-25(27)28-26-21-23-18-15-17-22-16-13-14-19-24(22)23/h13-19,26H,2-9,21H2,1H3/q+1. The van der Waals surface area contributed by atoms with Gasteiger partial charge in [-0.2, -0.15) is 4.84 Å². The van der Waals surface area contributed by atoms with Gasteiger partial charge in [-0.1, -0.05) is 93.8 Å². The number of unbranched alkanes of at least 4 members (excludes halogenated alkanes) is 7. The molecule has 1 radical (unpaired) electrons. The molecule has 0 fully saturated rings. The number of hydroxylamine groups is 1. The van der Waals surface area contributed by atoms with Gasteiger partial charge in [0.25, 0.3) is 0 Å². The molecule has 28 heavy (non-hydrogen) atoms. The fourth-order valence-electron chi connectivity index (χ4n) is 3.01. The number of carbonyl (C=O) groups excluding carboxylic acids is 1. The molecule has 0 amide bonds. The summed E-state index contributed by atoms with van der Waals surface area (Å²) in [5.41, 5.74) is 3.75. The third-order valence-corrected chi connectivity index (χ3v) is 4.53. The Kier molecular flexibility index (Phi) is 10.3. The molecule has 0 spiro atoms. The van der Waals surface area contributed by atoms with Crippen LogP contribution in [0.2, 0.25) is 0 Å². The van der Waals surface area contributed by atoms with E-state index in [1.54, 1.807) is 0 Å². The molecule has 2 rings (SSSR count). The first kappa shape index (κ1) is 21.5. The van der Waals surface area contributed by atoms with E-state index < -0.39 is 5.97 Å². The Morgan fingerprint density at radius 3 is 2.54 bits per heavy atom. The minimum absolute atomic E-state index is 0.429. The molecule has 1 N–H and O–H groups in total. The van der Waals surface area contributed by atoms with Crippen molar-refractivity contribution < 1.29 is 9.63 Å². The van der Waals surface area contributed by atoms with Crippen LogP contribution >= 0.6 is 0 Å². The molecule has 2 aromatic rings. The average molecular weight is 376 g/mol. The molecule has 3 heteroatoms. The number of fused-ring (bicyclic) bond motifs is 1. The number of hydrogen-bond donors (Lipinski definition) is 1. The third kappa shape index (κ3) is 8.30. The molecule has 0 saturated heterocycles. The zero-order chi connectivity index (χ0) is 19.9. The van der Waals surface area contributed by atoms with Crippen LogP contribution in [0.25, 0.3) is 10.8 Å². The maximum absolute atomic E-state index is 11.6. The van der Waals surface area contributed by atoms with Crippen molar-refractivity contribution in [2.24, 2.45) is 0 Å². The summed E-state index contributed by atoms with van der Waals surface area (Å²) in [6.45, 7) is 2.66. The van der Waals surface area contributed by atoms with Crippen molar-refractivity contribution in [1.82, 2.24) is 5.48 Å². The second-order valence-corrected chi connectivity index (χ2v) is 6.77. The minimum atomic E-state index is -0.620. The summed E-state index contributed by atoms with van der Waals surface area (Å²) < 4.78 is 0. The Morgan fingerprint density at radius 1 is 0.929 bits per heavy atom. The van der Waals surface area contributed by atoms with Gasteiger partial charge in [0.1, 0.15) is 5.92 Å². The van der Waals surface area contributed by atoms with Gasteiger partial charge in [0.15, 0.2) is 0 Å². The van der Waals surface area contributed by atoms with Crippen LogP contribution in [0.15, 0.2) is 42.5 Å². The zero-order valence-electron chi connectivity index (χ0n) is 16.7. The summed E-state index contributed by atoms with van der Waals surface area (Å²) in [7, 11) is 0. The Hall–Kier alpha value is -2.75. The number of nitrogens with one attached hydrogen (secondary N) is 1. The van der Waals surface area contributed by atoms with E-state index in [2.05, 4.69) is 54.3 Å². The molecular weight excluding hydrogens is 346 g/mol. The number of hydrogen-bond acceptors (Lipinski definition) is 3. The molecule has 2 aromatic carbocycles. The maximum Gasteiger partial charge on any atom is 0.679 e. The molecule has 0 saturated carbocycles. The smallest absolute Gasteiger partial charge is 0.188 e. The lowest BCUT2D eigenvalue weighted by molar-refractivity contribution is -0.144. The van der Waals surface area contributed by atoms with E-state index >= 15 is 0 Å². The van der Waals surface area contributed by atoms with Gasteiger partial charge >= 0.3 is 5.97 Å². The van der Waals surface area contributed by atoms with E-state index in [9.17, 15) is 4.79 Å². The Morgan fingerprint density at radius 2 is 1.68 bits per heavy atom. The van der Waals surface area contributed by atoms with Crippen molar-refractivity contribution >= 4 is 16.7 Å². The predicted molar refractivity (Wildman–Crippen MR) is 115 cm³/mol. The number of rotatable bonds is 10. The molecule has 3 nitrogen and oxygen atoms in total. The van der Waals surface area contributed by atoms with E-state index in [-0.39, 0.29) is 0 Å². The Labute approximate surface area is 168 Å². The second-order valence-electron chi connectivity index (χ2n) is 6.77. The highest BCUT2D eigenvalue weighted by Crippen LogP contribution is 2.18. The molecule has 0 bridgehead atoms. The molecule has 0 aliphatic heterocycles. The summed E-state index contributed by atoms with van der Waals surface area (Å²) in [6.07, 6.45) is 9.69. The van der Waals surface area contributed by atoms with Crippen molar-refractivity contribution in [2.75, 3.05) is 0 Å². The van der Waals surface area contributed by atoms with Crippen molar-refractivity contribution in [2.45, 2.75) is 64.8 Å². The normalized spacial score (nSPS) is 9.89. The Balaban J connectivity index is 1.62. The third-order valence-electron chi connectivity index (χ3n) is 4.53. The van der Waals surface area contributed by atoms with E-state index in [0.717, 1.165) is 29.2 Å². The van der Waals surface area contributed by atoms with E-state index in [1.807, 2.05) is 24.3 Å². The summed E-state index contributed by atoms with van der Waals surface area (Å²) in [5, 5.41) is 2.29. The van der Waals surface area contributed by atoms with Gasteiger partial charge < -0.3 is 0 Å². The highest BCUT2D eigenvalue weighted by atomic mass is 16.7. The first-order valence-electron chi connectivity index (χ1n) is 10.2. The fraction of sp³-hybridized carbons (Fsp3) is 0.400. The second kappa shape index (κ2) is 13.4. The quantitative estimate of drug-likeness (QED) is 0.257. The van der Waals surface area contributed by atoms with Gasteiger partial charge in [-0.05, 0) is 34.2 Å². The molecule has 145 valence electrons. The van der Waals surface area contributed by atoms with Crippen molar-refractivity contribution in [3.8, 4) is 23.7 Å². The minimum Gasteiger partial charge on any atom is -0.188 e. The molecule has 0 aliphatic carbocycles. The van der Waals surface area contributed by atoms with E-state index in [0.29, 0.717) is 6.54 Å². The lowest BCUT2D eigenvalue weighted by Gasteiger charge is -2.03. The van der Waals surface area contributed by atoms with Gasteiger partial charge in [0.2, 0.25) is 0 Å². The number of carbonyl (C=O) groups is 1. The molecule has 0 unspecified atom stereocenters. The van der Waals surface area contributed by atoms with Crippen LogP contribution in [-0.2, 0) is 16.2 Å². The average Bonchev–Trinajstić information content (AvgIpc) is 2.72. The molecular formula is C25H29NO2+. The van der Waals surface area contributed by atoms with Crippen LogP contribution in [0.1, 0.15) is 63.9 Å². The summed E-state index contributed by atoms with van der Waals surface area (Å²) in [5.74, 6) is 10.0. The van der Waals surface area contributed by atoms with Crippen LogP contribution in [0.4, 0.5) is 0 Å². The van der Waals surface area contributed by atoms with Crippen molar-refractivity contribution in [3.63, 3.8) is 0 Å². The molecule has 0 atom stereocenters. The van der Waals surface area contributed by atoms with Crippen molar-refractivity contribution in [3.05, 3.63) is 48.0 Å². The van der Waals surface area contributed by atoms with Crippen LogP contribution in [0.5, 0.6) is 0 Å². The highest BCUT2D eigenvalue weighted by Gasteiger charge is 2.13. The first-order valence-corrected chi connectivity index (χ1v) is 10.2. The maximum atomic E-state index is 11.6. The lowest BCUT2D eigenvalue weighted by atomic mass is 10.1. The monoisotopic (exact) mass is 375 g/mol.